The fourth-order valence-corrected chi connectivity index (χ4v) is 6.20. The minimum atomic E-state index is -4.49. The van der Waals surface area contributed by atoms with E-state index >= 15 is 0 Å². The van der Waals surface area contributed by atoms with Gasteiger partial charge in [-0.25, -0.2) is 12.8 Å². The monoisotopic (exact) mass is 659 g/mol. The summed E-state index contributed by atoms with van der Waals surface area (Å²) >= 11 is 0. The second-order valence-corrected chi connectivity index (χ2v) is 13.2. The van der Waals surface area contributed by atoms with Gasteiger partial charge < -0.3 is 29.2 Å². The molecule has 250 valence electrons. The number of anilines is 1. The third-order valence-corrected chi connectivity index (χ3v) is 8.78. The van der Waals surface area contributed by atoms with E-state index in [-0.39, 0.29) is 35.0 Å². The van der Waals surface area contributed by atoms with Crippen LogP contribution in [0.3, 0.4) is 0 Å². The van der Waals surface area contributed by atoms with E-state index in [1.54, 1.807) is 13.0 Å². The summed E-state index contributed by atoms with van der Waals surface area (Å²) in [6.07, 6.45) is 0.222. The molecule has 2 amide bonds. The van der Waals surface area contributed by atoms with Gasteiger partial charge in [-0.05, 0) is 69.2 Å². The summed E-state index contributed by atoms with van der Waals surface area (Å²) in [5.41, 5.74) is -0.0322. The zero-order valence-corrected chi connectivity index (χ0v) is 28.2. The number of methoxy groups -OCH3 is 4. The minimum absolute atomic E-state index is 0.0268. The van der Waals surface area contributed by atoms with Gasteiger partial charge in [0.1, 0.15) is 29.9 Å². The third kappa shape index (κ3) is 8.59. The molecule has 3 rings (SSSR count). The summed E-state index contributed by atoms with van der Waals surface area (Å²) in [6.45, 7) is 6.39. The van der Waals surface area contributed by atoms with Gasteiger partial charge in [-0.1, -0.05) is 19.1 Å². The molecular formula is C33H42FN3O8S. The highest BCUT2D eigenvalue weighted by atomic mass is 32.2. The molecule has 0 fully saturated rings. The summed E-state index contributed by atoms with van der Waals surface area (Å²) < 4.78 is 65.0. The van der Waals surface area contributed by atoms with Crippen LogP contribution in [-0.2, 0) is 26.2 Å². The van der Waals surface area contributed by atoms with E-state index in [0.29, 0.717) is 17.1 Å². The number of amides is 2. The molecule has 0 bridgehead atoms. The van der Waals surface area contributed by atoms with E-state index in [9.17, 15) is 22.4 Å². The Bertz CT molecular complexity index is 1620. The van der Waals surface area contributed by atoms with Crippen molar-refractivity contribution in [3.8, 4) is 23.0 Å². The van der Waals surface area contributed by atoms with Gasteiger partial charge in [0.15, 0.2) is 11.5 Å². The zero-order valence-electron chi connectivity index (χ0n) is 27.4. The normalized spacial score (nSPS) is 12.1. The van der Waals surface area contributed by atoms with E-state index in [4.69, 9.17) is 18.9 Å². The van der Waals surface area contributed by atoms with Crippen LogP contribution in [0.2, 0.25) is 0 Å². The number of nitrogens with one attached hydrogen (secondary N) is 1. The van der Waals surface area contributed by atoms with Crippen molar-refractivity contribution in [1.29, 1.82) is 0 Å². The average Bonchev–Trinajstić information content (AvgIpc) is 3.02. The molecule has 0 aromatic heterocycles. The lowest BCUT2D eigenvalue weighted by Gasteiger charge is -2.35. The maximum atomic E-state index is 14.4. The molecular weight excluding hydrogens is 617 g/mol. The molecule has 0 unspecified atom stereocenters. The fraction of sp³-hybridized carbons (Fsp3) is 0.394. The van der Waals surface area contributed by atoms with Crippen molar-refractivity contribution in [2.45, 2.75) is 57.1 Å². The molecule has 0 aliphatic heterocycles. The van der Waals surface area contributed by atoms with Crippen molar-refractivity contribution in [2.24, 2.45) is 0 Å². The molecule has 1 N–H and O–H groups in total. The van der Waals surface area contributed by atoms with Crippen LogP contribution in [-0.4, -0.2) is 71.7 Å². The molecule has 0 aliphatic rings. The molecule has 0 aliphatic carbocycles. The largest absolute Gasteiger partial charge is 0.497 e. The minimum Gasteiger partial charge on any atom is -0.497 e. The quantitative estimate of drug-likeness (QED) is 0.263. The van der Waals surface area contributed by atoms with Crippen LogP contribution in [0.1, 0.15) is 39.7 Å². The molecule has 11 nitrogen and oxygen atoms in total. The van der Waals surface area contributed by atoms with Gasteiger partial charge in [0.25, 0.3) is 10.0 Å². The number of halogens is 1. The lowest BCUT2D eigenvalue weighted by Crippen LogP contribution is -2.55. The zero-order chi connectivity index (χ0) is 34.2. The molecule has 46 heavy (non-hydrogen) atoms. The van der Waals surface area contributed by atoms with Gasteiger partial charge in [0, 0.05) is 24.2 Å². The lowest BCUT2D eigenvalue weighted by molar-refractivity contribution is -0.141. The number of hydrogen-bond acceptors (Lipinski definition) is 8. The second-order valence-electron chi connectivity index (χ2n) is 11.4. The molecule has 13 heteroatoms. The highest BCUT2D eigenvalue weighted by Gasteiger charge is 2.36. The third-order valence-electron chi connectivity index (χ3n) is 7.03. The smallest absolute Gasteiger partial charge is 0.265 e. The first-order valence-corrected chi connectivity index (χ1v) is 16.0. The number of nitrogens with zero attached hydrogens (tertiary/aromatic N) is 2. The number of carbonyl (C=O) groups is 2. The maximum absolute atomic E-state index is 14.4. The molecule has 0 spiro atoms. The number of hydrogen-bond donors (Lipinski definition) is 1. The van der Waals surface area contributed by atoms with Gasteiger partial charge in [-0.2, -0.15) is 0 Å². The van der Waals surface area contributed by atoms with Crippen LogP contribution in [0, 0.1) is 5.82 Å². The number of ether oxygens (including phenoxy) is 4. The Hall–Kier alpha value is -4.52. The Kier molecular flexibility index (Phi) is 11.9. The van der Waals surface area contributed by atoms with E-state index in [2.05, 4.69) is 5.32 Å². The molecule has 0 saturated heterocycles. The average molecular weight is 660 g/mol. The van der Waals surface area contributed by atoms with Crippen LogP contribution >= 0.6 is 0 Å². The van der Waals surface area contributed by atoms with E-state index in [1.165, 1.54) is 87.9 Å². The Morgan fingerprint density at radius 2 is 1.46 bits per heavy atom. The number of carbonyl (C=O) groups excluding carboxylic acids is 2. The van der Waals surface area contributed by atoms with Crippen LogP contribution in [0.25, 0.3) is 0 Å². The van der Waals surface area contributed by atoms with E-state index < -0.39 is 45.8 Å². The van der Waals surface area contributed by atoms with Crippen LogP contribution in [0.4, 0.5) is 10.1 Å². The van der Waals surface area contributed by atoms with Gasteiger partial charge in [0.05, 0.1) is 39.0 Å². The Labute approximate surface area is 270 Å². The topological polar surface area (TPSA) is 124 Å². The summed E-state index contributed by atoms with van der Waals surface area (Å²) in [5.74, 6) is -0.626. The molecule has 0 heterocycles. The summed E-state index contributed by atoms with van der Waals surface area (Å²) in [5, 5.41) is 2.91. The number of benzene rings is 3. The maximum Gasteiger partial charge on any atom is 0.265 e. The first-order chi connectivity index (χ1) is 21.7. The molecule has 3 aromatic carbocycles. The van der Waals surface area contributed by atoms with Crippen molar-refractivity contribution in [3.63, 3.8) is 0 Å². The van der Waals surface area contributed by atoms with E-state index in [1.807, 2.05) is 20.8 Å². The SMILES string of the molecule is CC[C@H](C(=O)NC(C)(C)C)N(Cc1ccc(F)cc1)C(=O)CN(c1cc(OC)ccc1OC)S(=O)(=O)c1ccc(OC)c(OC)c1. The number of rotatable bonds is 14. The van der Waals surface area contributed by atoms with E-state index in [0.717, 1.165) is 4.31 Å². The molecule has 3 aromatic rings. The summed E-state index contributed by atoms with van der Waals surface area (Å²) in [7, 11) is 1.11. The van der Waals surface area contributed by atoms with Crippen molar-refractivity contribution in [3.05, 3.63) is 72.0 Å². The van der Waals surface area contributed by atoms with Gasteiger partial charge in [-0.15, -0.1) is 0 Å². The van der Waals surface area contributed by atoms with Gasteiger partial charge in [0.2, 0.25) is 11.8 Å². The summed E-state index contributed by atoms with van der Waals surface area (Å²) in [6, 6.07) is 13.2. The predicted molar refractivity (Wildman–Crippen MR) is 173 cm³/mol. The van der Waals surface area contributed by atoms with Gasteiger partial charge >= 0.3 is 0 Å². The van der Waals surface area contributed by atoms with Crippen LogP contribution < -0.4 is 28.6 Å². The molecule has 0 saturated carbocycles. The lowest BCUT2D eigenvalue weighted by atomic mass is 10.1. The van der Waals surface area contributed by atoms with Gasteiger partial charge in [-0.3, -0.25) is 13.9 Å². The summed E-state index contributed by atoms with van der Waals surface area (Å²) in [4.78, 5) is 29.0. The second kappa shape index (κ2) is 15.2. The fourth-order valence-electron chi connectivity index (χ4n) is 4.77. The highest BCUT2D eigenvalue weighted by molar-refractivity contribution is 7.92. The Morgan fingerprint density at radius 1 is 0.848 bits per heavy atom. The Morgan fingerprint density at radius 3 is 2.00 bits per heavy atom. The first kappa shape index (κ1) is 36.0. The van der Waals surface area contributed by atoms with Crippen LogP contribution in [0.5, 0.6) is 23.0 Å². The first-order valence-electron chi connectivity index (χ1n) is 14.5. The van der Waals surface area contributed by atoms with Crippen molar-refractivity contribution in [1.82, 2.24) is 10.2 Å². The Balaban J connectivity index is 2.20. The number of sulfonamides is 1. The highest BCUT2D eigenvalue weighted by Crippen LogP contribution is 2.38. The predicted octanol–water partition coefficient (Wildman–Crippen LogP) is 4.78. The van der Waals surface area contributed by atoms with Crippen molar-refractivity contribution >= 4 is 27.5 Å². The molecule has 1 atom stereocenters. The van der Waals surface area contributed by atoms with Crippen molar-refractivity contribution < 1.29 is 41.3 Å². The van der Waals surface area contributed by atoms with Crippen LogP contribution in [0.15, 0.2) is 65.6 Å². The molecule has 0 radical (unpaired) electrons. The van der Waals surface area contributed by atoms with Crippen molar-refractivity contribution in [2.75, 3.05) is 39.3 Å². The standard InChI is InChI=1S/C33H42FN3O8S/c1-9-26(32(39)35-33(2,3)4)36(20-22-10-12-23(34)13-11-22)31(38)21-37(27-18-24(42-5)14-16-28(27)43-6)46(40,41)25-15-17-29(44-7)30(19-25)45-8/h10-19,26H,9,20-21H2,1-8H3,(H,35,39)/t26-/m1/s1.